The van der Waals surface area contributed by atoms with Crippen LogP contribution < -0.4 is 20.7 Å². The number of carboxylic acid groups (broad SMARTS) is 2. The summed E-state index contributed by atoms with van der Waals surface area (Å²) in [6, 6.07) is 11.6. The van der Waals surface area contributed by atoms with E-state index in [0.717, 1.165) is 37.1 Å². The summed E-state index contributed by atoms with van der Waals surface area (Å²) in [7, 11) is 0. The van der Waals surface area contributed by atoms with Crippen LogP contribution >= 0.6 is 0 Å². The van der Waals surface area contributed by atoms with E-state index in [9.17, 15) is 19.5 Å². The van der Waals surface area contributed by atoms with E-state index in [0.29, 0.717) is 11.3 Å². The Morgan fingerprint density at radius 3 is 2.51 bits per heavy atom. The first kappa shape index (κ1) is 27.4. The lowest BCUT2D eigenvalue weighted by Gasteiger charge is -2.26. The van der Waals surface area contributed by atoms with Crippen molar-refractivity contribution in [1.82, 2.24) is 5.32 Å². The molecular formula is C27H32N4O6. The predicted molar refractivity (Wildman–Crippen MR) is 140 cm³/mol. The number of benzene rings is 2. The lowest BCUT2D eigenvalue weighted by atomic mass is 10.1. The van der Waals surface area contributed by atoms with Crippen molar-refractivity contribution in [3.8, 4) is 5.75 Å². The molecule has 1 fully saturated rings. The topological polar surface area (TPSA) is 166 Å². The molecule has 196 valence electrons. The molecule has 0 radical (unpaired) electrons. The molecule has 0 aliphatic carbocycles. The van der Waals surface area contributed by atoms with E-state index in [1.54, 1.807) is 30.3 Å². The Hall–Kier alpha value is -4.18. The third kappa shape index (κ3) is 7.91. The molecule has 1 aliphatic heterocycles. The zero-order valence-electron chi connectivity index (χ0n) is 20.7. The Morgan fingerprint density at radius 2 is 1.86 bits per heavy atom. The Morgan fingerprint density at radius 1 is 1.14 bits per heavy atom. The number of rotatable bonds is 11. The number of nitrogens with two attached hydrogens (primary N) is 1. The van der Waals surface area contributed by atoms with E-state index < -0.39 is 17.8 Å². The number of nitrogens with zero attached hydrogens (tertiary/aromatic N) is 1. The van der Waals surface area contributed by atoms with Gasteiger partial charge in [-0.3, -0.25) is 15.0 Å². The van der Waals surface area contributed by atoms with Crippen LogP contribution in [0.1, 0.15) is 54.1 Å². The van der Waals surface area contributed by atoms with Gasteiger partial charge in [-0.05, 0) is 62.7 Å². The van der Waals surface area contributed by atoms with Crippen LogP contribution in [0.2, 0.25) is 0 Å². The second kappa shape index (κ2) is 12.7. The first-order chi connectivity index (χ1) is 17.6. The molecule has 1 heterocycles. The molecule has 1 saturated heterocycles. The quantitative estimate of drug-likeness (QED) is 0.228. The minimum Gasteiger partial charge on any atom is -0.489 e. The second-order valence-corrected chi connectivity index (χ2v) is 8.96. The highest BCUT2D eigenvalue weighted by Gasteiger charge is 2.23. The summed E-state index contributed by atoms with van der Waals surface area (Å²) in [6.45, 7) is 3.50. The predicted octanol–water partition coefficient (Wildman–Crippen LogP) is 3.10. The van der Waals surface area contributed by atoms with Crippen molar-refractivity contribution in [2.24, 2.45) is 5.73 Å². The Labute approximate surface area is 215 Å². The van der Waals surface area contributed by atoms with Gasteiger partial charge in [-0.2, -0.15) is 0 Å². The fraction of sp³-hybridized carbons (Fsp3) is 0.333. The minimum absolute atomic E-state index is 0.0635. The van der Waals surface area contributed by atoms with Gasteiger partial charge in [0, 0.05) is 24.2 Å². The number of hydrogen-bond acceptors (Lipinski definition) is 6. The molecule has 3 rings (SSSR count). The van der Waals surface area contributed by atoms with Crippen LogP contribution in [0.15, 0.2) is 48.0 Å². The van der Waals surface area contributed by atoms with E-state index in [1.807, 2.05) is 19.1 Å². The van der Waals surface area contributed by atoms with Gasteiger partial charge in [-0.1, -0.05) is 29.8 Å². The maximum Gasteiger partial charge on any atom is 0.339 e. The number of hydrogen-bond donors (Lipinski definition) is 5. The van der Waals surface area contributed by atoms with Crippen LogP contribution in [0.25, 0.3) is 6.08 Å². The lowest BCUT2D eigenvalue weighted by molar-refractivity contribution is -0.138. The van der Waals surface area contributed by atoms with Crippen LogP contribution in [0.4, 0.5) is 5.69 Å². The molecule has 0 saturated carbocycles. The number of carbonyl (C=O) groups excluding carboxylic acids is 1. The molecule has 0 bridgehead atoms. The smallest absolute Gasteiger partial charge is 0.339 e. The average Bonchev–Trinajstić information content (AvgIpc) is 2.86. The van der Waals surface area contributed by atoms with Gasteiger partial charge in [0.15, 0.2) is 0 Å². The normalized spacial score (nSPS) is 14.1. The number of ether oxygens (including phenoxy) is 1. The Balaban J connectivity index is 1.91. The number of aromatic carboxylic acids is 1. The standard InChI is InChI=1S/C27H32N4O6/c1-17(13-18-3-2-4-19(14-18)26(28)29)16-31(24(32)7-8-25(33)34)20-5-6-23(22(15-20)27(35)36)37-21-9-11-30-12-10-21/h2-6,13-15,21,30H,7-12,16H2,1H3,(H3,28,29)(H,33,34)(H,35,36)/b17-13+. The first-order valence-electron chi connectivity index (χ1n) is 12.0. The molecule has 2 aromatic rings. The number of carbonyl (C=O) groups is 3. The van der Waals surface area contributed by atoms with E-state index in [1.165, 1.54) is 11.0 Å². The largest absolute Gasteiger partial charge is 0.489 e. The SMILES string of the molecule is C/C(=C\c1cccc(C(=N)N)c1)CN(C(=O)CCC(=O)O)c1ccc(OC2CCNCC2)c(C(=O)O)c1. The van der Waals surface area contributed by atoms with E-state index in [2.05, 4.69) is 5.32 Å². The molecule has 0 spiro atoms. The Kier molecular flexibility index (Phi) is 9.39. The maximum absolute atomic E-state index is 13.1. The summed E-state index contributed by atoms with van der Waals surface area (Å²) in [6.07, 6.45) is 2.66. The highest BCUT2D eigenvalue weighted by molar-refractivity contribution is 5.98. The maximum atomic E-state index is 13.1. The van der Waals surface area contributed by atoms with Gasteiger partial charge in [0.1, 0.15) is 23.3 Å². The number of aliphatic carboxylic acids is 1. The van der Waals surface area contributed by atoms with Crippen LogP contribution in [-0.4, -0.2) is 59.6 Å². The van der Waals surface area contributed by atoms with Crippen molar-refractivity contribution < 1.29 is 29.3 Å². The summed E-state index contributed by atoms with van der Waals surface area (Å²) in [5.74, 6) is -2.56. The van der Waals surface area contributed by atoms with Crippen molar-refractivity contribution in [3.05, 3.63) is 64.7 Å². The summed E-state index contributed by atoms with van der Waals surface area (Å²) < 4.78 is 5.97. The highest BCUT2D eigenvalue weighted by Crippen LogP contribution is 2.29. The number of amides is 1. The zero-order chi connectivity index (χ0) is 26.9. The van der Waals surface area contributed by atoms with E-state index in [4.69, 9.17) is 21.0 Å². The number of amidine groups is 1. The van der Waals surface area contributed by atoms with Crippen molar-refractivity contribution in [3.63, 3.8) is 0 Å². The molecule has 10 heteroatoms. The summed E-state index contributed by atoms with van der Waals surface area (Å²) >= 11 is 0. The van der Waals surface area contributed by atoms with E-state index >= 15 is 0 Å². The minimum atomic E-state index is -1.18. The fourth-order valence-electron chi connectivity index (χ4n) is 4.10. The molecule has 37 heavy (non-hydrogen) atoms. The number of carboxylic acids is 2. The number of piperidine rings is 1. The molecule has 2 aromatic carbocycles. The molecule has 0 aromatic heterocycles. The Bertz CT molecular complexity index is 1200. The lowest BCUT2D eigenvalue weighted by Crippen LogP contribution is -2.34. The van der Waals surface area contributed by atoms with Gasteiger partial charge >= 0.3 is 11.9 Å². The van der Waals surface area contributed by atoms with Crippen molar-refractivity contribution in [2.75, 3.05) is 24.5 Å². The van der Waals surface area contributed by atoms with Gasteiger partial charge in [0.05, 0.1) is 6.42 Å². The second-order valence-electron chi connectivity index (χ2n) is 8.96. The van der Waals surface area contributed by atoms with Gasteiger partial charge in [0.25, 0.3) is 0 Å². The monoisotopic (exact) mass is 508 g/mol. The average molecular weight is 509 g/mol. The first-order valence-corrected chi connectivity index (χ1v) is 12.0. The van der Waals surface area contributed by atoms with Gasteiger partial charge in [-0.15, -0.1) is 0 Å². The third-order valence-corrected chi connectivity index (χ3v) is 5.96. The number of nitrogen functional groups attached to an aromatic ring is 1. The van der Waals surface area contributed by atoms with Crippen LogP contribution in [0, 0.1) is 5.41 Å². The molecule has 10 nitrogen and oxygen atoms in total. The molecule has 0 unspecified atom stereocenters. The zero-order valence-corrected chi connectivity index (χ0v) is 20.7. The van der Waals surface area contributed by atoms with Crippen LogP contribution in [0.5, 0.6) is 5.75 Å². The van der Waals surface area contributed by atoms with Crippen molar-refractivity contribution >= 4 is 35.4 Å². The summed E-state index contributed by atoms with van der Waals surface area (Å²) in [4.78, 5) is 37.6. The van der Waals surface area contributed by atoms with Gasteiger partial charge < -0.3 is 30.9 Å². The number of anilines is 1. The van der Waals surface area contributed by atoms with Crippen molar-refractivity contribution in [1.29, 1.82) is 5.41 Å². The van der Waals surface area contributed by atoms with Crippen molar-refractivity contribution in [2.45, 2.75) is 38.7 Å². The third-order valence-electron chi connectivity index (χ3n) is 5.96. The molecule has 6 N–H and O–H groups in total. The van der Waals surface area contributed by atoms with Gasteiger partial charge in [-0.25, -0.2) is 4.79 Å². The summed E-state index contributed by atoms with van der Waals surface area (Å²) in [5.41, 5.74) is 7.94. The molecule has 1 amide bonds. The number of nitrogens with one attached hydrogen (secondary N) is 2. The van der Waals surface area contributed by atoms with Crippen LogP contribution in [0.3, 0.4) is 0 Å². The van der Waals surface area contributed by atoms with Crippen LogP contribution in [-0.2, 0) is 9.59 Å². The molecular weight excluding hydrogens is 476 g/mol. The fourth-order valence-corrected chi connectivity index (χ4v) is 4.10. The van der Waals surface area contributed by atoms with E-state index in [-0.39, 0.29) is 42.6 Å². The highest BCUT2D eigenvalue weighted by atomic mass is 16.5. The molecule has 0 atom stereocenters. The molecule has 1 aliphatic rings. The summed E-state index contributed by atoms with van der Waals surface area (Å²) in [5, 5.41) is 29.8. The van der Waals surface area contributed by atoms with Gasteiger partial charge in [0.2, 0.25) is 5.91 Å².